The highest BCUT2D eigenvalue weighted by Gasteiger charge is 2.13. The van der Waals surface area contributed by atoms with Gasteiger partial charge in [-0.3, -0.25) is 4.79 Å². The molecular formula is C20H23N5O. The van der Waals surface area contributed by atoms with Crippen LogP contribution in [0.3, 0.4) is 0 Å². The number of hydrogen-bond acceptors (Lipinski definition) is 4. The van der Waals surface area contributed by atoms with E-state index in [0.717, 1.165) is 30.7 Å². The Labute approximate surface area is 152 Å². The molecule has 4 N–H and O–H groups in total. The molecule has 0 spiro atoms. The highest BCUT2D eigenvalue weighted by atomic mass is 16.1. The van der Waals surface area contributed by atoms with Gasteiger partial charge in [-0.1, -0.05) is 24.3 Å². The first-order chi connectivity index (χ1) is 12.7. The van der Waals surface area contributed by atoms with Crippen LogP contribution in [0.1, 0.15) is 28.8 Å². The van der Waals surface area contributed by atoms with Crippen LogP contribution in [0.25, 0.3) is 16.6 Å². The van der Waals surface area contributed by atoms with E-state index in [1.165, 1.54) is 18.4 Å². The van der Waals surface area contributed by atoms with Crippen LogP contribution in [0, 0.1) is 0 Å². The molecule has 0 saturated carbocycles. The van der Waals surface area contributed by atoms with Crippen LogP contribution in [0.5, 0.6) is 0 Å². The predicted molar refractivity (Wildman–Crippen MR) is 102 cm³/mol. The zero-order valence-corrected chi connectivity index (χ0v) is 14.6. The first kappa shape index (κ1) is 16.8. The SMILES string of the molecule is NC(=O)c1cccc2cn(-c3ccc(CNC4CCNCC4)cc3)nc12. The summed E-state index contributed by atoms with van der Waals surface area (Å²) in [5.41, 5.74) is 8.74. The number of aromatic nitrogens is 2. The van der Waals surface area contributed by atoms with E-state index < -0.39 is 5.91 Å². The number of fused-ring (bicyclic) bond motifs is 1. The minimum atomic E-state index is -0.458. The van der Waals surface area contributed by atoms with Crippen LogP contribution < -0.4 is 16.4 Å². The van der Waals surface area contributed by atoms with Crippen molar-refractivity contribution in [3.05, 3.63) is 59.8 Å². The molecular weight excluding hydrogens is 326 g/mol. The van der Waals surface area contributed by atoms with Crippen molar-refractivity contribution in [2.24, 2.45) is 5.73 Å². The number of primary amides is 1. The Bertz CT molecular complexity index is 910. The maximum atomic E-state index is 11.6. The molecule has 2 heterocycles. The maximum absolute atomic E-state index is 11.6. The molecule has 0 unspecified atom stereocenters. The van der Waals surface area contributed by atoms with Crippen molar-refractivity contribution in [3.8, 4) is 5.69 Å². The Morgan fingerprint density at radius 3 is 2.69 bits per heavy atom. The van der Waals surface area contributed by atoms with Crippen molar-refractivity contribution < 1.29 is 4.79 Å². The van der Waals surface area contributed by atoms with Gasteiger partial charge in [0.1, 0.15) is 5.52 Å². The van der Waals surface area contributed by atoms with E-state index in [4.69, 9.17) is 5.73 Å². The third-order valence-electron chi connectivity index (χ3n) is 4.94. The Balaban J connectivity index is 1.50. The van der Waals surface area contributed by atoms with Gasteiger partial charge in [0.05, 0.1) is 11.3 Å². The van der Waals surface area contributed by atoms with Gasteiger partial charge in [-0.25, -0.2) is 4.68 Å². The molecule has 6 nitrogen and oxygen atoms in total. The van der Waals surface area contributed by atoms with Gasteiger partial charge in [-0.15, -0.1) is 0 Å². The van der Waals surface area contributed by atoms with Crippen molar-refractivity contribution in [2.75, 3.05) is 13.1 Å². The summed E-state index contributed by atoms with van der Waals surface area (Å²) in [4.78, 5) is 11.6. The van der Waals surface area contributed by atoms with E-state index >= 15 is 0 Å². The summed E-state index contributed by atoms with van der Waals surface area (Å²) in [6.07, 6.45) is 4.28. The molecule has 0 radical (unpaired) electrons. The zero-order valence-electron chi connectivity index (χ0n) is 14.6. The molecule has 1 fully saturated rings. The number of piperidine rings is 1. The first-order valence-electron chi connectivity index (χ1n) is 9.02. The molecule has 1 aromatic heterocycles. The molecule has 134 valence electrons. The molecule has 4 rings (SSSR count). The number of nitrogens with one attached hydrogen (secondary N) is 2. The third kappa shape index (κ3) is 3.47. The quantitative estimate of drug-likeness (QED) is 0.657. The van der Waals surface area contributed by atoms with Crippen LogP contribution >= 0.6 is 0 Å². The number of carbonyl (C=O) groups excluding carboxylic acids is 1. The number of benzene rings is 2. The zero-order chi connectivity index (χ0) is 17.9. The average molecular weight is 349 g/mol. The standard InChI is InChI=1S/C20H23N5O/c21-20(26)18-3-1-2-15-13-25(24-19(15)18)17-6-4-14(5-7-17)12-23-16-8-10-22-11-9-16/h1-7,13,16,22-23H,8-12H2,(H2,21,26). The van der Waals surface area contributed by atoms with Crippen molar-refractivity contribution in [1.29, 1.82) is 0 Å². The molecule has 1 amide bonds. The van der Waals surface area contributed by atoms with E-state index in [1.54, 1.807) is 10.7 Å². The molecule has 0 bridgehead atoms. The molecule has 1 aliphatic rings. The average Bonchev–Trinajstić information content (AvgIpc) is 3.11. The second-order valence-corrected chi connectivity index (χ2v) is 6.75. The summed E-state index contributed by atoms with van der Waals surface area (Å²) >= 11 is 0. The van der Waals surface area contributed by atoms with Gasteiger partial charge in [-0.05, 0) is 49.7 Å². The van der Waals surface area contributed by atoms with Gasteiger partial charge < -0.3 is 16.4 Å². The Morgan fingerprint density at radius 2 is 1.96 bits per heavy atom. The largest absolute Gasteiger partial charge is 0.366 e. The number of amides is 1. The number of nitrogens with zero attached hydrogens (tertiary/aromatic N) is 2. The Kier molecular flexibility index (Phi) is 4.69. The van der Waals surface area contributed by atoms with Crippen LogP contribution in [0.15, 0.2) is 48.7 Å². The monoisotopic (exact) mass is 349 g/mol. The summed E-state index contributed by atoms with van der Waals surface area (Å²) in [7, 11) is 0. The fraction of sp³-hybridized carbons (Fsp3) is 0.300. The second-order valence-electron chi connectivity index (χ2n) is 6.75. The van der Waals surface area contributed by atoms with Crippen molar-refractivity contribution in [3.63, 3.8) is 0 Å². The fourth-order valence-electron chi connectivity index (χ4n) is 3.43. The van der Waals surface area contributed by atoms with Gasteiger partial charge in [0.2, 0.25) is 0 Å². The van der Waals surface area contributed by atoms with Gasteiger partial charge in [0.25, 0.3) is 5.91 Å². The maximum Gasteiger partial charge on any atom is 0.250 e. The first-order valence-corrected chi connectivity index (χ1v) is 9.02. The van der Waals surface area contributed by atoms with E-state index in [-0.39, 0.29) is 0 Å². The van der Waals surface area contributed by atoms with E-state index in [0.29, 0.717) is 17.1 Å². The summed E-state index contributed by atoms with van der Waals surface area (Å²) in [5, 5.41) is 12.5. The van der Waals surface area contributed by atoms with Crippen LogP contribution in [0.2, 0.25) is 0 Å². The molecule has 0 atom stereocenters. The molecule has 2 aromatic carbocycles. The van der Waals surface area contributed by atoms with E-state index in [2.05, 4.69) is 40.0 Å². The lowest BCUT2D eigenvalue weighted by Crippen LogP contribution is -2.39. The Morgan fingerprint density at radius 1 is 1.19 bits per heavy atom. The normalized spacial score (nSPS) is 15.4. The van der Waals surface area contributed by atoms with Crippen LogP contribution in [-0.2, 0) is 6.54 Å². The minimum Gasteiger partial charge on any atom is -0.366 e. The smallest absolute Gasteiger partial charge is 0.250 e. The van der Waals surface area contributed by atoms with E-state index in [1.807, 2.05) is 18.3 Å². The number of carbonyl (C=O) groups is 1. The lowest BCUT2D eigenvalue weighted by molar-refractivity contribution is 0.100. The molecule has 6 heteroatoms. The van der Waals surface area contributed by atoms with Gasteiger partial charge in [0, 0.05) is 24.2 Å². The highest BCUT2D eigenvalue weighted by molar-refractivity contribution is 6.04. The van der Waals surface area contributed by atoms with Gasteiger partial charge in [-0.2, -0.15) is 5.10 Å². The number of rotatable bonds is 5. The molecule has 1 aliphatic heterocycles. The second kappa shape index (κ2) is 7.27. The van der Waals surface area contributed by atoms with Crippen molar-refractivity contribution in [2.45, 2.75) is 25.4 Å². The van der Waals surface area contributed by atoms with Crippen LogP contribution in [-0.4, -0.2) is 34.8 Å². The summed E-state index contributed by atoms with van der Waals surface area (Å²) < 4.78 is 1.79. The van der Waals surface area contributed by atoms with Gasteiger partial charge in [0.15, 0.2) is 0 Å². The topological polar surface area (TPSA) is 85.0 Å². The van der Waals surface area contributed by atoms with Crippen molar-refractivity contribution >= 4 is 16.8 Å². The lowest BCUT2D eigenvalue weighted by Gasteiger charge is -2.23. The number of nitrogens with two attached hydrogens (primary N) is 1. The lowest BCUT2D eigenvalue weighted by atomic mass is 10.1. The third-order valence-corrected chi connectivity index (χ3v) is 4.94. The summed E-state index contributed by atoms with van der Waals surface area (Å²) in [6, 6.07) is 14.4. The summed E-state index contributed by atoms with van der Waals surface area (Å²) in [5.74, 6) is -0.458. The predicted octanol–water partition coefficient (Wildman–Crippen LogP) is 1.97. The van der Waals surface area contributed by atoms with Crippen molar-refractivity contribution in [1.82, 2.24) is 20.4 Å². The molecule has 3 aromatic rings. The van der Waals surface area contributed by atoms with Crippen LogP contribution in [0.4, 0.5) is 0 Å². The van der Waals surface area contributed by atoms with E-state index in [9.17, 15) is 4.79 Å². The van der Waals surface area contributed by atoms with Gasteiger partial charge >= 0.3 is 0 Å². The summed E-state index contributed by atoms with van der Waals surface area (Å²) in [6.45, 7) is 3.06. The fourth-order valence-corrected chi connectivity index (χ4v) is 3.43. The number of hydrogen-bond donors (Lipinski definition) is 3. The minimum absolute atomic E-state index is 0.448. The molecule has 26 heavy (non-hydrogen) atoms. The molecule has 0 aliphatic carbocycles. The highest BCUT2D eigenvalue weighted by Crippen LogP contribution is 2.19. The molecule has 1 saturated heterocycles. The Hall–Kier alpha value is -2.70.